The Kier molecular flexibility index (Phi) is 3.71. The molecular weight excluding hydrogens is 244 g/mol. The minimum atomic E-state index is -0.0396. The van der Waals surface area contributed by atoms with Crippen LogP contribution in [-0.4, -0.2) is 25.6 Å². The van der Waals surface area contributed by atoms with Crippen molar-refractivity contribution in [1.29, 1.82) is 0 Å². The van der Waals surface area contributed by atoms with Gasteiger partial charge in [-0.3, -0.25) is 4.79 Å². The molecule has 0 aliphatic heterocycles. The van der Waals surface area contributed by atoms with Crippen LogP contribution in [0.25, 0.3) is 11.1 Å². The Balaban J connectivity index is 2.47. The Morgan fingerprint density at radius 1 is 0.947 bits per heavy atom. The number of phenols is 1. The average Bonchev–Trinajstić information content (AvgIpc) is 2.46. The summed E-state index contributed by atoms with van der Waals surface area (Å²) in [6.45, 7) is 0. The Bertz CT molecular complexity index is 605. The molecular formula is C15H14O4. The molecule has 2 aromatic rings. The number of phenolic OH excluding ortho intramolecular Hbond substituents is 1. The van der Waals surface area contributed by atoms with E-state index >= 15 is 0 Å². The first-order valence-corrected chi connectivity index (χ1v) is 5.70. The van der Waals surface area contributed by atoms with E-state index in [9.17, 15) is 9.90 Å². The number of ether oxygens (including phenoxy) is 2. The number of hydrogen-bond acceptors (Lipinski definition) is 4. The molecule has 1 N–H and O–H groups in total. The van der Waals surface area contributed by atoms with Gasteiger partial charge in [-0.2, -0.15) is 0 Å². The van der Waals surface area contributed by atoms with E-state index in [0.29, 0.717) is 17.8 Å². The van der Waals surface area contributed by atoms with Gasteiger partial charge in [0.25, 0.3) is 0 Å². The minimum absolute atomic E-state index is 0.0396. The quantitative estimate of drug-likeness (QED) is 0.857. The van der Waals surface area contributed by atoms with Crippen LogP contribution in [0.1, 0.15) is 10.4 Å². The lowest BCUT2D eigenvalue weighted by Crippen LogP contribution is -1.91. The molecule has 0 heterocycles. The first-order valence-electron chi connectivity index (χ1n) is 5.70. The summed E-state index contributed by atoms with van der Waals surface area (Å²) in [7, 11) is 3.14. The molecule has 4 nitrogen and oxygen atoms in total. The Morgan fingerprint density at radius 2 is 1.58 bits per heavy atom. The lowest BCUT2D eigenvalue weighted by Gasteiger charge is -2.10. The maximum Gasteiger partial charge on any atom is 0.161 e. The fourth-order valence-electron chi connectivity index (χ4n) is 1.84. The molecule has 0 aromatic heterocycles. The summed E-state index contributed by atoms with van der Waals surface area (Å²) in [5.74, 6) is 1.21. The summed E-state index contributed by atoms with van der Waals surface area (Å²) in [6.07, 6.45) is 0.619. The fourth-order valence-corrected chi connectivity index (χ4v) is 1.84. The van der Waals surface area contributed by atoms with Gasteiger partial charge in [-0.25, -0.2) is 0 Å². The van der Waals surface area contributed by atoms with Crippen molar-refractivity contribution in [2.75, 3.05) is 14.2 Å². The molecule has 19 heavy (non-hydrogen) atoms. The molecule has 0 saturated carbocycles. The van der Waals surface area contributed by atoms with E-state index in [2.05, 4.69) is 0 Å². The number of benzene rings is 2. The summed E-state index contributed by atoms with van der Waals surface area (Å²) in [5, 5.41) is 9.69. The zero-order valence-corrected chi connectivity index (χ0v) is 10.7. The monoisotopic (exact) mass is 258 g/mol. The van der Waals surface area contributed by atoms with Crippen LogP contribution >= 0.6 is 0 Å². The Morgan fingerprint density at radius 3 is 2.16 bits per heavy atom. The van der Waals surface area contributed by atoms with Crippen molar-refractivity contribution >= 4 is 6.29 Å². The molecule has 0 fully saturated rings. The molecule has 0 aliphatic rings. The van der Waals surface area contributed by atoms with E-state index in [-0.39, 0.29) is 11.3 Å². The molecule has 0 spiro atoms. The summed E-state index contributed by atoms with van der Waals surface area (Å²) in [5.41, 5.74) is 1.93. The predicted molar refractivity (Wildman–Crippen MR) is 72.0 cm³/mol. The summed E-state index contributed by atoms with van der Waals surface area (Å²) in [6, 6.07) is 10.4. The third kappa shape index (κ3) is 2.52. The van der Waals surface area contributed by atoms with E-state index in [1.807, 2.05) is 12.1 Å². The zero-order valence-electron chi connectivity index (χ0n) is 10.7. The number of carbonyl (C=O) groups is 1. The predicted octanol–water partition coefficient (Wildman–Crippen LogP) is 2.89. The lowest BCUT2D eigenvalue weighted by atomic mass is 10.0. The second-order valence-electron chi connectivity index (χ2n) is 3.96. The maximum atomic E-state index is 10.7. The largest absolute Gasteiger partial charge is 0.507 e. The first-order chi connectivity index (χ1) is 9.19. The van der Waals surface area contributed by atoms with Gasteiger partial charge in [-0.1, -0.05) is 12.1 Å². The molecule has 0 amide bonds. The molecule has 0 radical (unpaired) electrons. The van der Waals surface area contributed by atoms with Gasteiger partial charge in [0.05, 0.1) is 19.8 Å². The van der Waals surface area contributed by atoms with Crippen molar-refractivity contribution in [3.05, 3.63) is 42.0 Å². The van der Waals surface area contributed by atoms with E-state index in [4.69, 9.17) is 9.47 Å². The van der Waals surface area contributed by atoms with E-state index in [1.165, 1.54) is 0 Å². The van der Waals surface area contributed by atoms with Gasteiger partial charge in [0.2, 0.25) is 0 Å². The fraction of sp³-hybridized carbons (Fsp3) is 0.133. The van der Waals surface area contributed by atoms with Gasteiger partial charge in [0.1, 0.15) is 5.75 Å². The molecule has 0 unspecified atom stereocenters. The molecule has 0 saturated heterocycles. The lowest BCUT2D eigenvalue weighted by molar-refractivity contribution is 0.112. The second kappa shape index (κ2) is 5.44. The van der Waals surface area contributed by atoms with Gasteiger partial charge >= 0.3 is 0 Å². The Labute approximate surface area is 111 Å². The van der Waals surface area contributed by atoms with Gasteiger partial charge < -0.3 is 14.6 Å². The van der Waals surface area contributed by atoms with Crippen LogP contribution in [0, 0.1) is 0 Å². The number of hydrogen-bond donors (Lipinski definition) is 1. The van der Waals surface area contributed by atoms with Gasteiger partial charge in [0, 0.05) is 0 Å². The topological polar surface area (TPSA) is 55.8 Å². The standard InChI is InChI=1S/C15H14O4/c1-18-14-6-5-11(8-15(14)19-2)10-3-4-12(9-16)13(17)7-10/h3-9,17H,1-2H3. The van der Waals surface area contributed by atoms with E-state index < -0.39 is 0 Å². The van der Waals surface area contributed by atoms with Crippen LogP contribution in [0.5, 0.6) is 17.2 Å². The van der Waals surface area contributed by atoms with Crippen LogP contribution in [0.15, 0.2) is 36.4 Å². The number of aldehydes is 1. The maximum absolute atomic E-state index is 10.7. The van der Waals surface area contributed by atoms with E-state index in [0.717, 1.165) is 11.1 Å². The SMILES string of the molecule is COc1ccc(-c2ccc(C=O)c(O)c2)cc1OC. The van der Waals surface area contributed by atoms with Crippen LogP contribution in [0.4, 0.5) is 0 Å². The van der Waals surface area contributed by atoms with Crippen molar-refractivity contribution < 1.29 is 19.4 Å². The molecule has 0 aliphatic carbocycles. The highest BCUT2D eigenvalue weighted by molar-refractivity contribution is 5.81. The van der Waals surface area contributed by atoms with Crippen molar-refractivity contribution in [2.45, 2.75) is 0 Å². The van der Waals surface area contributed by atoms with Crippen LogP contribution in [0.3, 0.4) is 0 Å². The third-order valence-electron chi connectivity index (χ3n) is 2.87. The van der Waals surface area contributed by atoms with Crippen LogP contribution < -0.4 is 9.47 Å². The van der Waals surface area contributed by atoms with Crippen LogP contribution in [-0.2, 0) is 0 Å². The highest BCUT2D eigenvalue weighted by atomic mass is 16.5. The van der Waals surface area contributed by atoms with E-state index in [1.54, 1.807) is 38.5 Å². The highest BCUT2D eigenvalue weighted by Gasteiger charge is 2.08. The number of rotatable bonds is 4. The highest BCUT2D eigenvalue weighted by Crippen LogP contribution is 2.33. The Hall–Kier alpha value is -2.49. The van der Waals surface area contributed by atoms with Crippen LogP contribution in [0.2, 0.25) is 0 Å². The number of carbonyl (C=O) groups excluding carboxylic acids is 1. The first kappa shape index (κ1) is 13.0. The minimum Gasteiger partial charge on any atom is -0.507 e. The molecule has 2 rings (SSSR count). The summed E-state index contributed by atoms with van der Waals surface area (Å²) in [4.78, 5) is 10.7. The molecule has 0 bridgehead atoms. The van der Waals surface area contributed by atoms with Crippen molar-refractivity contribution in [3.8, 4) is 28.4 Å². The molecule has 2 aromatic carbocycles. The smallest absolute Gasteiger partial charge is 0.161 e. The van der Waals surface area contributed by atoms with Crippen molar-refractivity contribution in [3.63, 3.8) is 0 Å². The number of aromatic hydroxyl groups is 1. The molecule has 0 atom stereocenters. The third-order valence-corrected chi connectivity index (χ3v) is 2.87. The second-order valence-corrected chi connectivity index (χ2v) is 3.96. The normalized spacial score (nSPS) is 10.0. The number of methoxy groups -OCH3 is 2. The summed E-state index contributed by atoms with van der Waals surface area (Å²) < 4.78 is 10.4. The van der Waals surface area contributed by atoms with Gasteiger partial charge in [-0.15, -0.1) is 0 Å². The molecule has 98 valence electrons. The average molecular weight is 258 g/mol. The van der Waals surface area contributed by atoms with Crippen molar-refractivity contribution in [1.82, 2.24) is 0 Å². The summed E-state index contributed by atoms with van der Waals surface area (Å²) >= 11 is 0. The van der Waals surface area contributed by atoms with Crippen molar-refractivity contribution in [2.24, 2.45) is 0 Å². The molecule has 4 heteroatoms. The van der Waals surface area contributed by atoms with Gasteiger partial charge in [0.15, 0.2) is 17.8 Å². The zero-order chi connectivity index (χ0) is 13.8. The van der Waals surface area contributed by atoms with Gasteiger partial charge in [-0.05, 0) is 35.4 Å².